The van der Waals surface area contributed by atoms with Crippen molar-refractivity contribution in [2.45, 2.75) is 23.5 Å². The smallest absolute Gasteiger partial charge is 0.244 e. The second-order valence-electron chi connectivity index (χ2n) is 5.83. The molecule has 0 saturated carbocycles. The van der Waals surface area contributed by atoms with Crippen molar-refractivity contribution in [1.82, 2.24) is 14.6 Å². The minimum atomic E-state index is -4.05. The Bertz CT molecular complexity index is 892. The van der Waals surface area contributed by atoms with Crippen molar-refractivity contribution in [3.63, 3.8) is 0 Å². The van der Waals surface area contributed by atoms with Gasteiger partial charge in [-0.3, -0.25) is 9.78 Å². The lowest BCUT2D eigenvalue weighted by molar-refractivity contribution is -0.123. The SMILES string of the molecule is CNC(=O)[C@@H]1C[C@H](Oc2cccnc2)CN1S(=O)(=O)c1cccc(F)c1. The van der Waals surface area contributed by atoms with Gasteiger partial charge >= 0.3 is 0 Å². The van der Waals surface area contributed by atoms with Gasteiger partial charge in [0.05, 0.1) is 17.6 Å². The molecule has 1 aliphatic rings. The normalized spacial score (nSPS) is 20.7. The first-order chi connectivity index (χ1) is 12.4. The van der Waals surface area contributed by atoms with Crippen molar-refractivity contribution in [1.29, 1.82) is 0 Å². The topological polar surface area (TPSA) is 88.6 Å². The Hall–Kier alpha value is -2.52. The van der Waals surface area contributed by atoms with Crippen LogP contribution >= 0.6 is 0 Å². The first-order valence-electron chi connectivity index (χ1n) is 7.97. The Morgan fingerprint density at radius 1 is 1.35 bits per heavy atom. The van der Waals surface area contributed by atoms with E-state index >= 15 is 0 Å². The number of likely N-dealkylation sites (N-methyl/N-ethyl adjacent to an activating group) is 1. The van der Waals surface area contributed by atoms with Crippen molar-refractivity contribution in [3.8, 4) is 5.75 Å². The first kappa shape index (κ1) is 18.3. The molecular weight excluding hydrogens is 361 g/mol. The summed E-state index contributed by atoms with van der Waals surface area (Å²) in [6.07, 6.45) is 2.77. The van der Waals surface area contributed by atoms with Gasteiger partial charge in [0, 0.05) is 19.7 Å². The maximum absolute atomic E-state index is 13.5. The molecule has 138 valence electrons. The van der Waals surface area contributed by atoms with Crippen LogP contribution in [0.1, 0.15) is 6.42 Å². The summed E-state index contributed by atoms with van der Waals surface area (Å²) < 4.78 is 46.1. The van der Waals surface area contributed by atoms with Crippen molar-refractivity contribution >= 4 is 15.9 Å². The molecule has 2 heterocycles. The van der Waals surface area contributed by atoms with E-state index in [-0.39, 0.29) is 17.9 Å². The van der Waals surface area contributed by atoms with Crippen molar-refractivity contribution in [2.75, 3.05) is 13.6 Å². The van der Waals surface area contributed by atoms with Crippen LogP contribution in [-0.2, 0) is 14.8 Å². The summed E-state index contributed by atoms with van der Waals surface area (Å²) in [7, 11) is -2.62. The fraction of sp³-hybridized carbons (Fsp3) is 0.294. The van der Waals surface area contributed by atoms with Gasteiger partial charge < -0.3 is 10.1 Å². The van der Waals surface area contributed by atoms with Crippen molar-refractivity contribution in [3.05, 3.63) is 54.6 Å². The molecule has 0 unspecified atom stereocenters. The predicted molar refractivity (Wildman–Crippen MR) is 91.4 cm³/mol. The van der Waals surface area contributed by atoms with Crippen LogP contribution in [0.15, 0.2) is 53.7 Å². The quantitative estimate of drug-likeness (QED) is 0.843. The highest BCUT2D eigenvalue weighted by Crippen LogP contribution is 2.29. The van der Waals surface area contributed by atoms with Crippen molar-refractivity contribution in [2.24, 2.45) is 0 Å². The molecule has 1 aromatic heterocycles. The van der Waals surface area contributed by atoms with E-state index in [0.29, 0.717) is 5.75 Å². The summed E-state index contributed by atoms with van der Waals surface area (Å²) in [6, 6.07) is 7.17. The van der Waals surface area contributed by atoms with E-state index < -0.39 is 33.9 Å². The lowest BCUT2D eigenvalue weighted by Crippen LogP contribution is -2.44. The molecule has 2 atom stereocenters. The number of ether oxygens (including phenoxy) is 1. The second kappa shape index (κ2) is 7.38. The van der Waals surface area contributed by atoms with Crippen LogP contribution in [0.5, 0.6) is 5.75 Å². The summed E-state index contributed by atoms with van der Waals surface area (Å²) in [5.74, 6) is -0.620. The molecule has 9 heteroatoms. The Labute approximate surface area is 150 Å². The zero-order valence-corrected chi connectivity index (χ0v) is 14.8. The fourth-order valence-electron chi connectivity index (χ4n) is 2.90. The molecule has 2 aromatic rings. The first-order valence-corrected chi connectivity index (χ1v) is 9.41. The average Bonchev–Trinajstić information content (AvgIpc) is 3.06. The maximum atomic E-state index is 13.5. The summed E-state index contributed by atoms with van der Waals surface area (Å²) in [6.45, 7) is -0.0220. The number of carbonyl (C=O) groups excluding carboxylic acids is 1. The van der Waals surface area contributed by atoms with Gasteiger partial charge in [-0.15, -0.1) is 0 Å². The van der Waals surface area contributed by atoms with E-state index in [2.05, 4.69) is 10.3 Å². The number of hydrogen-bond donors (Lipinski definition) is 1. The van der Waals surface area contributed by atoms with Crippen LogP contribution in [0.2, 0.25) is 0 Å². The summed E-state index contributed by atoms with van der Waals surface area (Å²) in [5, 5.41) is 2.47. The molecule has 7 nitrogen and oxygen atoms in total. The third-order valence-corrected chi connectivity index (χ3v) is 5.98. The number of nitrogens with zero attached hydrogens (tertiary/aromatic N) is 2. The van der Waals surface area contributed by atoms with Crippen LogP contribution in [0, 0.1) is 5.82 Å². The molecule has 0 radical (unpaired) electrons. The van der Waals surface area contributed by atoms with Crippen LogP contribution in [-0.4, -0.2) is 49.4 Å². The lowest BCUT2D eigenvalue weighted by atomic mass is 10.2. The van der Waals surface area contributed by atoms with Crippen molar-refractivity contribution < 1.29 is 22.3 Å². The number of carbonyl (C=O) groups is 1. The third-order valence-electron chi connectivity index (χ3n) is 4.11. The maximum Gasteiger partial charge on any atom is 0.244 e. The molecule has 0 bridgehead atoms. The highest BCUT2D eigenvalue weighted by atomic mass is 32.2. The largest absolute Gasteiger partial charge is 0.487 e. The summed E-state index contributed by atoms with van der Waals surface area (Å²) in [4.78, 5) is 16.0. The number of halogens is 1. The minimum absolute atomic E-state index is 0.0220. The highest BCUT2D eigenvalue weighted by Gasteiger charge is 2.44. The third kappa shape index (κ3) is 3.68. The molecular formula is C17H18FN3O4S. The molecule has 0 aliphatic carbocycles. The Kier molecular flexibility index (Phi) is 5.19. The number of pyridine rings is 1. The monoisotopic (exact) mass is 379 g/mol. The minimum Gasteiger partial charge on any atom is -0.487 e. The van der Waals surface area contributed by atoms with E-state index in [0.717, 1.165) is 16.4 Å². The zero-order valence-electron chi connectivity index (χ0n) is 14.0. The molecule has 1 N–H and O–H groups in total. The Morgan fingerprint density at radius 2 is 2.15 bits per heavy atom. The van der Waals surface area contributed by atoms with Gasteiger partial charge in [-0.1, -0.05) is 6.07 Å². The summed E-state index contributed by atoms with van der Waals surface area (Å²) in [5.41, 5.74) is 0. The standard InChI is InChI=1S/C17H18FN3O4S/c1-19-17(22)16-9-14(25-13-5-3-7-20-10-13)11-21(16)26(23,24)15-6-2-4-12(18)8-15/h2-8,10,14,16H,9,11H2,1H3,(H,19,22)/t14-,16-/m0/s1. The van der Waals surface area contributed by atoms with Gasteiger partial charge in [-0.2, -0.15) is 4.31 Å². The molecule has 1 amide bonds. The predicted octanol–water partition coefficient (Wildman–Crippen LogP) is 1.18. The number of hydrogen-bond acceptors (Lipinski definition) is 5. The van der Waals surface area contributed by atoms with Gasteiger partial charge in [0.25, 0.3) is 0 Å². The zero-order chi connectivity index (χ0) is 18.7. The van der Waals surface area contributed by atoms with Gasteiger partial charge in [0.15, 0.2) is 0 Å². The molecule has 1 aliphatic heterocycles. The number of rotatable bonds is 5. The van der Waals surface area contributed by atoms with Crippen LogP contribution in [0.25, 0.3) is 0 Å². The molecule has 1 saturated heterocycles. The molecule has 26 heavy (non-hydrogen) atoms. The number of sulfonamides is 1. The average molecular weight is 379 g/mol. The lowest BCUT2D eigenvalue weighted by Gasteiger charge is -2.22. The summed E-state index contributed by atoms with van der Waals surface area (Å²) >= 11 is 0. The van der Waals surface area contributed by atoms with E-state index in [1.54, 1.807) is 18.3 Å². The van der Waals surface area contributed by atoms with Crippen LogP contribution < -0.4 is 10.1 Å². The van der Waals surface area contributed by atoms with Crippen LogP contribution in [0.3, 0.4) is 0 Å². The van der Waals surface area contributed by atoms with E-state index in [1.165, 1.54) is 25.4 Å². The van der Waals surface area contributed by atoms with Gasteiger partial charge in [0.2, 0.25) is 15.9 Å². The van der Waals surface area contributed by atoms with Crippen LogP contribution in [0.4, 0.5) is 4.39 Å². The van der Waals surface area contributed by atoms with E-state index in [4.69, 9.17) is 4.74 Å². The molecule has 0 spiro atoms. The molecule has 1 aromatic carbocycles. The highest BCUT2D eigenvalue weighted by molar-refractivity contribution is 7.89. The number of aromatic nitrogens is 1. The number of benzene rings is 1. The Balaban J connectivity index is 1.89. The van der Waals surface area contributed by atoms with Gasteiger partial charge in [0.1, 0.15) is 23.7 Å². The Morgan fingerprint density at radius 3 is 2.81 bits per heavy atom. The number of amides is 1. The molecule has 3 rings (SSSR count). The number of nitrogens with one attached hydrogen (secondary N) is 1. The fourth-order valence-corrected chi connectivity index (χ4v) is 4.56. The second-order valence-corrected chi connectivity index (χ2v) is 7.72. The van der Waals surface area contributed by atoms with E-state index in [1.807, 2.05) is 0 Å². The van der Waals surface area contributed by atoms with Gasteiger partial charge in [-0.05, 0) is 30.3 Å². The van der Waals surface area contributed by atoms with Gasteiger partial charge in [-0.25, -0.2) is 12.8 Å². The molecule has 1 fully saturated rings. The van der Waals surface area contributed by atoms with E-state index in [9.17, 15) is 17.6 Å².